The van der Waals surface area contributed by atoms with Gasteiger partial charge < -0.3 is 18.4 Å². The summed E-state index contributed by atoms with van der Waals surface area (Å²) in [5, 5.41) is 12.9. The minimum absolute atomic E-state index is 0.461. The Morgan fingerprint density at radius 3 is 2.79 bits per heavy atom. The van der Waals surface area contributed by atoms with Crippen LogP contribution in [0.15, 0.2) is 57.6 Å². The largest absolute Gasteiger partial charge is 0.415 e. The summed E-state index contributed by atoms with van der Waals surface area (Å²) in [6.07, 6.45) is 4.49. The molecule has 4 heterocycles. The van der Waals surface area contributed by atoms with Gasteiger partial charge in [-0.1, -0.05) is 35.5 Å². The average molecular weight is 390 g/mol. The lowest BCUT2D eigenvalue weighted by Gasteiger charge is -2.20. The molecule has 0 saturated carbocycles. The molecule has 0 aliphatic carbocycles. The van der Waals surface area contributed by atoms with Crippen molar-refractivity contribution >= 4 is 0 Å². The zero-order chi connectivity index (χ0) is 19.8. The van der Waals surface area contributed by atoms with Crippen molar-refractivity contribution in [1.29, 1.82) is 0 Å². The molecule has 1 unspecified atom stereocenters. The third-order valence-electron chi connectivity index (χ3n) is 5.79. The standard InChI is InChI=1S/C22H23N5O2/c1-15-20(21(25-29-15)16-8-4-3-5-9-16)22-24-23-19(28-22)14-27-13-7-11-18(27)17-10-6-12-26(17)2/h3-6,8-10,12,18H,7,11,13-14H2,1-2H3/p+1/t18-/m0/s1. The molecule has 29 heavy (non-hydrogen) atoms. The molecule has 0 spiro atoms. The highest BCUT2D eigenvalue weighted by molar-refractivity contribution is 5.77. The maximum atomic E-state index is 6.08. The van der Waals surface area contributed by atoms with Gasteiger partial charge in [0.2, 0.25) is 0 Å². The number of likely N-dealkylation sites (tertiary alicyclic amines) is 1. The van der Waals surface area contributed by atoms with Crippen molar-refractivity contribution in [1.82, 2.24) is 19.9 Å². The second kappa shape index (κ2) is 7.33. The molecule has 1 saturated heterocycles. The Hall–Kier alpha value is -3.19. The molecule has 0 amide bonds. The number of benzene rings is 1. The number of hydrogen-bond donors (Lipinski definition) is 1. The summed E-state index contributed by atoms with van der Waals surface area (Å²) in [7, 11) is 2.11. The van der Waals surface area contributed by atoms with E-state index in [0.717, 1.165) is 23.4 Å². The third kappa shape index (κ3) is 3.27. The zero-order valence-corrected chi connectivity index (χ0v) is 16.6. The number of nitrogens with one attached hydrogen (secondary N) is 1. The number of rotatable bonds is 5. The first-order valence-electron chi connectivity index (χ1n) is 10.0. The van der Waals surface area contributed by atoms with Crippen LogP contribution in [0.5, 0.6) is 0 Å². The number of aromatic nitrogens is 4. The monoisotopic (exact) mass is 390 g/mol. The van der Waals surface area contributed by atoms with E-state index in [4.69, 9.17) is 8.94 Å². The molecular weight excluding hydrogens is 366 g/mol. The van der Waals surface area contributed by atoms with Crippen LogP contribution in [0.25, 0.3) is 22.7 Å². The summed E-state index contributed by atoms with van der Waals surface area (Å²) in [5.41, 5.74) is 3.82. The fourth-order valence-electron chi connectivity index (χ4n) is 4.35. The summed E-state index contributed by atoms with van der Waals surface area (Å²) >= 11 is 0. The fourth-order valence-corrected chi connectivity index (χ4v) is 4.35. The van der Waals surface area contributed by atoms with Gasteiger partial charge in [-0.2, -0.15) is 0 Å². The molecule has 1 fully saturated rings. The quantitative estimate of drug-likeness (QED) is 0.567. The van der Waals surface area contributed by atoms with Gasteiger partial charge >= 0.3 is 0 Å². The molecule has 5 rings (SSSR count). The molecule has 0 radical (unpaired) electrons. The summed E-state index contributed by atoms with van der Waals surface area (Å²) in [5.74, 6) is 1.79. The van der Waals surface area contributed by atoms with E-state index in [0.29, 0.717) is 30.1 Å². The maximum absolute atomic E-state index is 6.08. The number of aryl methyl sites for hydroxylation is 2. The molecule has 1 aliphatic heterocycles. The third-order valence-corrected chi connectivity index (χ3v) is 5.79. The van der Waals surface area contributed by atoms with E-state index < -0.39 is 0 Å². The summed E-state index contributed by atoms with van der Waals surface area (Å²) in [4.78, 5) is 1.47. The van der Waals surface area contributed by atoms with Gasteiger partial charge in [0.1, 0.15) is 23.1 Å². The van der Waals surface area contributed by atoms with Gasteiger partial charge in [0.15, 0.2) is 6.54 Å². The first-order valence-corrected chi connectivity index (χ1v) is 10.0. The van der Waals surface area contributed by atoms with E-state index in [9.17, 15) is 0 Å². The number of nitrogens with zero attached hydrogens (tertiary/aromatic N) is 4. The first kappa shape index (κ1) is 17.9. The SMILES string of the molecule is Cc1onc(-c2ccccc2)c1-c1nnc(C[NH+]2CCC[C@H]2c2cccn2C)o1. The van der Waals surface area contributed by atoms with Gasteiger partial charge in [-0.15, -0.1) is 10.2 Å². The van der Waals surface area contributed by atoms with Crippen LogP contribution in [0.4, 0.5) is 0 Å². The highest BCUT2D eigenvalue weighted by atomic mass is 16.5. The van der Waals surface area contributed by atoms with Crippen LogP contribution < -0.4 is 4.90 Å². The van der Waals surface area contributed by atoms with Crippen LogP contribution in [0.3, 0.4) is 0 Å². The molecule has 2 atom stereocenters. The van der Waals surface area contributed by atoms with Crippen molar-refractivity contribution in [3.05, 3.63) is 66.0 Å². The zero-order valence-electron chi connectivity index (χ0n) is 16.6. The second-order valence-corrected chi connectivity index (χ2v) is 7.65. The Kier molecular flexibility index (Phi) is 4.52. The van der Waals surface area contributed by atoms with Crippen LogP contribution in [0, 0.1) is 6.92 Å². The lowest BCUT2D eigenvalue weighted by atomic mass is 10.1. The molecule has 7 heteroatoms. The van der Waals surface area contributed by atoms with Crippen molar-refractivity contribution in [3.8, 4) is 22.7 Å². The minimum atomic E-state index is 0.461. The van der Waals surface area contributed by atoms with E-state index in [2.05, 4.69) is 45.3 Å². The molecule has 7 nitrogen and oxygen atoms in total. The number of quaternary nitrogens is 1. The maximum Gasteiger partial charge on any atom is 0.271 e. The van der Waals surface area contributed by atoms with Crippen LogP contribution in [-0.2, 0) is 13.6 Å². The average Bonchev–Trinajstić information content (AvgIpc) is 3.51. The van der Waals surface area contributed by atoms with Gasteiger partial charge in [0, 0.05) is 31.6 Å². The molecular formula is C22H24N5O2+. The molecule has 1 aromatic carbocycles. The van der Waals surface area contributed by atoms with E-state index in [-0.39, 0.29) is 0 Å². The van der Waals surface area contributed by atoms with Crippen molar-refractivity contribution in [2.45, 2.75) is 32.4 Å². The van der Waals surface area contributed by atoms with Crippen LogP contribution in [-0.4, -0.2) is 26.5 Å². The molecule has 3 aromatic heterocycles. The van der Waals surface area contributed by atoms with Crippen molar-refractivity contribution in [3.63, 3.8) is 0 Å². The van der Waals surface area contributed by atoms with Gasteiger partial charge in [-0.05, 0) is 19.1 Å². The van der Waals surface area contributed by atoms with Gasteiger partial charge in [-0.3, -0.25) is 0 Å². The Morgan fingerprint density at radius 1 is 1.14 bits per heavy atom. The summed E-state index contributed by atoms with van der Waals surface area (Å²) in [6, 6.07) is 14.7. The minimum Gasteiger partial charge on any atom is -0.415 e. The molecule has 0 bridgehead atoms. The van der Waals surface area contributed by atoms with Crippen molar-refractivity contribution in [2.75, 3.05) is 6.54 Å². The summed E-state index contributed by atoms with van der Waals surface area (Å²) in [6.45, 7) is 3.69. The second-order valence-electron chi connectivity index (χ2n) is 7.65. The van der Waals surface area contributed by atoms with Gasteiger partial charge in [-0.25, -0.2) is 0 Å². The lowest BCUT2D eigenvalue weighted by Crippen LogP contribution is -3.09. The van der Waals surface area contributed by atoms with Crippen LogP contribution >= 0.6 is 0 Å². The van der Waals surface area contributed by atoms with Crippen LogP contribution in [0.2, 0.25) is 0 Å². The summed E-state index contributed by atoms with van der Waals surface area (Å²) < 4.78 is 13.7. The molecule has 4 aromatic rings. The van der Waals surface area contributed by atoms with E-state index in [1.807, 2.05) is 37.3 Å². The van der Waals surface area contributed by atoms with Gasteiger partial charge in [0.25, 0.3) is 11.8 Å². The lowest BCUT2D eigenvalue weighted by molar-refractivity contribution is -0.933. The Bertz CT molecular complexity index is 1110. The number of hydrogen-bond acceptors (Lipinski definition) is 5. The predicted molar refractivity (Wildman–Crippen MR) is 107 cm³/mol. The fraction of sp³-hybridized carbons (Fsp3) is 0.318. The highest BCUT2D eigenvalue weighted by Crippen LogP contribution is 2.33. The topological polar surface area (TPSA) is 74.3 Å². The van der Waals surface area contributed by atoms with E-state index in [1.54, 1.807) is 0 Å². The van der Waals surface area contributed by atoms with E-state index >= 15 is 0 Å². The normalized spacial score (nSPS) is 19.1. The Morgan fingerprint density at radius 2 is 2.00 bits per heavy atom. The van der Waals surface area contributed by atoms with Crippen molar-refractivity contribution < 1.29 is 13.8 Å². The first-order chi connectivity index (χ1) is 14.2. The molecule has 1 aliphatic rings. The van der Waals surface area contributed by atoms with Crippen LogP contribution in [0.1, 0.15) is 36.2 Å². The molecule has 148 valence electrons. The Balaban J connectivity index is 1.41. The van der Waals surface area contributed by atoms with Crippen molar-refractivity contribution in [2.24, 2.45) is 7.05 Å². The predicted octanol–water partition coefficient (Wildman–Crippen LogP) is 2.96. The highest BCUT2D eigenvalue weighted by Gasteiger charge is 2.33. The van der Waals surface area contributed by atoms with Gasteiger partial charge in [0.05, 0.1) is 12.2 Å². The molecule has 1 N–H and O–H groups in total. The Labute approximate surface area is 168 Å². The van der Waals surface area contributed by atoms with E-state index in [1.165, 1.54) is 23.4 Å². The smallest absolute Gasteiger partial charge is 0.271 e.